The summed E-state index contributed by atoms with van der Waals surface area (Å²) in [4.78, 5) is 11.5. The Labute approximate surface area is 196 Å². The summed E-state index contributed by atoms with van der Waals surface area (Å²) in [7, 11) is 0. The highest BCUT2D eigenvalue weighted by atomic mass is 16.7. The molecule has 2 unspecified atom stereocenters. The van der Waals surface area contributed by atoms with Gasteiger partial charge in [-0.15, -0.1) is 0 Å². The van der Waals surface area contributed by atoms with Crippen molar-refractivity contribution in [3.05, 3.63) is 36.0 Å². The fourth-order valence-corrected chi connectivity index (χ4v) is 5.23. The average Bonchev–Trinajstić information content (AvgIpc) is 3.46. The van der Waals surface area contributed by atoms with Gasteiger partial charge in [0, 0.05) is 44.1 Å². The highest BCUT2D eigenvalue weighted by Crippen LogP contribution is 2.43. The van der Waals surface area contributed by atoms with Crippen LogP contribution in [0.4, 0.5) is 0 Å². The van der Waals surface area contributed by atoms with Gasteiger partial charge < -0.3 is 33.3 Å². The summed E-state index contributed by atoms with van der Waals surface area (Å²) in [5.41, 5.74) is 0. The Balaban J connectivity index is 1.50. The number of hydrogen-bond acceptors (Lipinski definition) is 7. The number of aldehydes is 1. The molecular formula is C26H38O7. The van der Waals surface area contributed by atoms with E-state index in [9.17, 15) is 9.90 Å². The molecule has 1 saturated carbocycles. The Hall–Kier alpha value is -1.67. The number of carbonyl (C=O) groups is 1. The second-order valence-corrected chi connectivity index (χ2v) is 9.36. The van der Waals surface area contributed by atoms with Crippen LogP contribution >= 0.6 is 0 Å². The third-order valence-electron chi connectivity index (χ3n) is 6.95. The summed E-state index contributed by atoms with van der Waals surface area (Å²) in [5, 5.41) is 10.8. The standard InChI is InChI=1S/C26H38O7/c27-14-13-20-21(28)18-23(33-25-12-4-6-16-31-25)26(20)22(32-24-11-3-5-15-30-24)10-2-1-8-19-9-7-17-29-19/h7,9-10,14,17,20-21,23-26,28H,1-6,8,11-13,15-16,18H2/t20-,21-,23+,24?,25?,26-/m1/s1. The third-order valence-corrected chi connectivity index (χ3v) is 6.95. The van der Waals surface area contributed by atoms with Gasteiger partial charge in [0.25, 0.3) is 0 Å². The molecule has 7 nitrogen and oxygen atoms in total. The van der Waals surface area contributed by atoms with Gasteiger partial charge in [0.05, 0.1) is 25.1 Å². The van der Waals surface area contributed by atoms with Gasteiger partial charge in [-0.25, -0.2) is 0 Å². The van der Waals surface area contributed by atoms with Gasteiger partial charge in [-0.3, -0.25) is 0 Å². The van der Waals surface area contributed by atoms with Crippen molar-refractivity contribution in [2.75, 3.05) is 13.2 Å². The van der Waals surface area contributed by atoms with Gasteiger partial charge in [0.15, 0.2) is 12.6 Å². The van der Waals surface area contributed by atoms with Crippen molar-refractivity contribution in [3.8, 4) is 0 Å². The van der Waals surface area contributed by atoms with E-state index in [4.69, 9.17) is 23.4 Å². The highest BCUT2D eigenvalue weighted by molar-refractivity contribution is 5.50. The minimum atomic E-state index is -0.615. The topological polar surface area (TPSA) is 87.4 Å². The van der Waals surface area contributed by atoms with Crippen LogP contribution in [0.2, 0.25) is 0 Å². The Bertz CT molecular complexity index is 719. The molecular weight excluding hydrogens is 424 g/mol. The van der Waals surface area contributed by atoms with Crippen molar-refractivity contribution < 1.29 is 33.3 Å². The normalized spacial score (nSPS) is 33.2. The summed E-state index contributed by atoms with van der Waals surface area (Å²) < 4.78 is 29.9. The third kappa shape index (κ3) is 6.92. The average molecular weight is 463 g/mol. The van der Waals surface area contributed by atoms with E-state index < -0.39 is 6.10 Å². The molecule has 0 radical (unpaired) electrons. The van der Waals surface area contributed by atoms with Gasteiger partial charge >= 0.3 is 0 Å². The first-order valence-electron chi connectivity index (χ1n) is 12.6. The predicted octanol–water partition coefficient (Wildman–Crippen LogP) is 4.53. The SMILES string of the molecule is O=CC[C@H]1[C@H](C(=CCCCc2ccco2)OC2CCCCO2)[C@@H](OC2CCCCO2)C[C@H]1O. The van der Waals surface area contributed by atoms with Crippen molar-refractivity contribution in [2.24, 2.45) is 11.8 Å². The van der Waals surface area contributed by atoms with E-state index in [0.29, 0.717) is 19.6 Å². The van der Waals surface area contributed by atoms with E-state index in [-0.39, 0.29) is 36.9 Å². The molecule has 0 spiro atoms. The van der Waals surface area contributed by atoms with Gasteiger partial charge in [0.2, 0.25) is 0 Å². The Morgan fingerprint density at radius 1 is 1.12 bits per heavy atom. The number of aliphatic hydroxyl groups is 1. The lowest BCUT2D eigenvalue weighted by molar-refractivity contribution is -0.201. The zero-order valence-electron chi connectivity index (χ0n) is 19.4. The van der Waals surface area contributed by atoms with E-state index in [1.807, 2.05) is 12.1 Å². The molecule has 0 bridgehead atoms. The lowest BCUT2D eigenvalue weighted by Crippen LogP contribution is -2.34. The molecule has 2 saturated heterocycles. The van der Waals surface area contributed by atoms with Gasteiger partial charge in [-0.2, -0.15) is 0 Å². The predicted molar refractivity (Wildman–Crippen MR) is 121 cm³/mol. The molecule has 184 valence electrons. The Kier molecular flexibility index (Phi) is 9.41. The fraction of sp³-hybridized carbons (Fsp3) is 0.731. The first-order valence-corrected chi connectivity index (χ1v) is 12.6. The minimum absolute atomic E-state index is 0.204. The van der Waals surface area contributed by atoms with E-state index in [1.165, 1.54) is 0 Å². The van der Waals surface area contributed by atoms with Crippen LogP contribution in [0.15, 0.2) is 34.6 Å². The van der Waals surface area contributed by atoms with Crippen molar-refractivity contribution in [3.63, 3.8) is 0 Å². The minimum Gasteiger partial charge on any atom is -0.469 e. The Morgan fingerprint density at radius 3 is 2.58 bits per heavy atom. The summed E-state index contributed by atoms with van der Waals surface area (Å²) in [6.07, 6.45) is 12.5. The summed E-state index contributed by atoms with van der Waals surface area (Å²) in [5.74, 6) is 1.30. The van der Waals surface area contributed by atoms with Crippen LogP contribution in [0, 0.1) is 11.8 Å². The van der Waals surface area contributed by atoms with Crippen molar-refractivity contribution in [1.29, 1.82) is 0 Å². The summed E-state index contributed by atoms with van der Waals surface area (Å²) in [6, 6.07) is 3.89. The lowest BCUT2D eigenvalue weighted by atomic mass is 9.88. The van der Waals surface area contributed by atoms with Gasteiger partial charge in [-0.1, -0.05) is 0 Å². The molecule has 1 aliphatic carbocycles. The smallest absolute Gasteiger partial charge is 0.199 e. The number of allylic oxidation sites excluding steroid dienone is 1. The molecule has 1 aromatic heterocycles. The van der Waals surface area contributed by atoms with Gasteiger partial charge in [-0.05, 0) is 63.2 Å². The summed E-state index contributed by atoms with van der Waals surface area (Å²) >= 11 is 0. The van der Waals surface area contributed by atoms with E-state index in [2.05, 4.69) is 6.08 Å². The number of rotatable bonds is 11. The van der Waals surface area contributed by atoms with Crippen molar-refractivity contribution in [2.45, 2.75) is 95.4 Å². The van der Waals surface area contributed by atoms with Crippen LogP contribution in [-0.4, -0.2) is 49.4 Å². The second-order valence-electron chi connectivity index (χ2n) is 9.36. The van der Waals surface area contributed by atoms with Crippen LogP contribution in [-0.2, 0) is 30.2 Å². The number of hydrogen-bond donors (Lipinski definition) is 1. The van der Waals surface area contributed by atoms with E-state index in [1.54, 1.807) is 6.26 Å². The zero-order valence-corrected chi connectivity index (χ0v) is 19.4. The molecule has 3 fully saturated rings. The second kappa shape index (κ2) is 12.7. The van der Waals surface area contributed by atoms with Crippen molar-refractivity contribution in [1.82, 2.24) is 0 Å². The first kappa shape index (κ1) is 24.5. The first-order chi connectivity index (χ1) is 16.2. The van der Waals surface area contributed by atoms with Crippen LogP contribution in [0.1, 0.15) is 70.0 Å². The molecule has 0 amide bonds. The number of carbonyl (C=O) groups excluding carboxylic acids is 1. The largest absolute Gasteiger partial charge is 0.469 e. The van der Waals surface area contributed by atoms with E-state index in [0.717, 1.165) is 75.6 Å². The monoisotopic (exact) mass is 462 g/mol. The van der Waals surface area contributed by atoms with Crippen molar-refractivity contribution >= 4 is 6.29 Å². The molecule has 7 heteroatoms. The maximum absolute atomic E-state index is 11.5. The number of aliphatic hydroxyl groups excluding tert-OH is 1. The van der Waals surface area contributed by atoms with Crippen LogP contribution < -0.4 is 0 Å². The maximum Gasteiger partial charge on any atom is 0.199 e. The zero-order chi connectivity index (χ0) is 22.9. The van der Waals surface area contributed by atoms with E-state index >= 15 is 0 Å². The molecule has 0 aromatic carbocycles. The number of unbranched alkanes of at least 4 members (excludes halogenated alkanes) is 1. The number of aryl methyl sites for hydroxylation is 1. The number of ether oxygens (including phenoxy) is 4. The fourth-order valence-electron chi connectivity index (χ4n) is 5.23. The number of furan rings is 1. The maximum atomic E-state index is 11.5. The molecule has 3 heterocycles. The molecule has 33 heavy (non-hydrogen) atoms. The molecule has 1 aromatic rings. The molecule has 1 N–H and O–H groups in total. The molecule has 6 atom stereocenters. The van der Waals surface area contributed by atoms with Gasteiger partial charge in [0.1, 0.15) is 17.8 Å². The molecule has 3 aliphatic rings. The highest BCUT2D eigenvalue weighted by Gasteiger charge is 2.47. The Morgan fingerprint density at radius 2 is 1.91 bits per heavy atom. The summed E-state index contributed by atoms with van der Waals surface area (Å²) in [6.45, 7) is 1.39. The van der Waals surface area contributed by atoms with Crippen LogP contribution in [0.3, 0.4) is 0 Å². The van der Waals surface area contributed by atoms with Crippen LogP contribution in [0.5, 0.6) is 0 Å². The quantitative estimate of drug-likeness (QED) is 0.294. The molecule has 2 aliphatic heterocycles. The van der Waals surface area contributed by atoms with Crippen LogP contribution in [0.25, 0.3) is 0 Å². The molecule has 4 rings (SSSR count). The lowest BCUT2D eigenvalue weighted by Gasteiger charge is -2.33.